The van der Waals surface area contributed by atoms with Crippen LogP contribution in [0.3, 0.4) is 0 Å². The predicted molar refractivity (Wildman–Crippen MR) is 72.3 cm³/mol. The van der Waals surface area contributed by atoms with E-state index in [-0.39, 0.29) is 10.6 Å². The zero-order valence-electron chi connectivity index (χ0n) is 10.8. The van der Waals surface area contributed by atoms with Crippen molar-refractivity contribution in [2.24, 2.45) is 0 Å². The first kappa shape index (κ1) is 15.4. The van der Waals surface area contributed by atoms with E-state index in [1.54, 1.807) is 6.92 Å². The van der Waals surface area contributed by atoms with Gasteiger partial charge in [-0.1, -0.05) is 13.3 Å². The fourth-order valence-corrected chi connectivity index (χ4v) is 2.93. The third kappa shape index (κ3) is 3.65. The van der Waals surface area contributed by atoms with Crippen molar-refractivity contribution in [3.05, 3.63) is 27.8 Å². The smallest absolute Gasteiger partial charge is 0.293 e. The maximum Gasteiger partial charge on any atom is 0.293 e. The first-order chi connectivity index (χ1) is 8.79. The molecular formula is C11H17N3O4S. The van der Waals surface area contributed by atoms with Crippen LogP contribution in [0.5, 0.6) is 0 Å². The minimum Gasteiger partial charge on any atom is -0.393 e. The Morgan fingerprint density at radius 2 is 2.05 bits per heavy atom. The van der Waals surface area contributed by atoms with Gasteiger partial charge in [-0.15, -0.1) is 0 Å². The minimum absolute atomic E-state index is 0.0463. The summed E-state index contributed by atoms with van der Waals surface area (Å²) in [5.74, 6) is 0. The number of sulfonamides is 1. The molecule has 0 aliphatic carbocycles. The van der Waals surface area contributed by atoms with E-state index in [0.29, 0.717) is 18.5 Å². The highest BCUT2D eigenvalue weighted by atomic mass is 32.2. The number of rotatable bonds is 6. The Labute approximate surface area is 112 Å². The molecule has 0 saturated heterocycles. The predicted octanol–water partition coefficient (Wildman–Crippen LogP) is 1.56. The van der Waals surface area contributed by atoms with Gasteiger partial charge in [-0.05, 0) is 25.0 Å². The van der Waals surface area contributed by atoms with Gasteiger partial charge in [0, 0.05) is 12.6 Å². The van der Waals surface area contributed by atoms with Crippen LogP contribution in [0, 0.1) is 17.0 Å². The molecule has 0 atom stereocenters. The van der Waals surface area contributed by atoms with Crippen LogP contribution in [-0.2, 0) is 10.0 Å². The van der Waals surface area contributed by atoms with E-state index in [2.05, 4.69) is 4.72 Å². The van der Waals surface area contributed by atoms with Crippen LogP contribution in [0.1, 0.15) is 25.3 Å². The van der Waals surface area contributed by atoms with Gasteiger partial charge in [0.15, 0.2) is 0 Å². The zero-order chi connectivity index (χ0) is 14.6. The van der Waals surface area contributed by atoms with E-state index >= 15 is 0 Å². The summed E-state index contributed by atoms with van der Waals surface area (Å²) in [6.07, 6.45) is 1.55. The van der Waals surface area contributed by atoms with E-state index in [1.165, 1.54) is 6.07 Å². The molecule has 0 aliphatic heterocycles. The molecule has 0 saturated carbocycles. The monoisotopic (exact) mass is 287 g/mol. The van der Waals surface area contributed by atoms with Crippen LogP contribution in [0.15, 0.2) is 17.0 Å². The molecular weight excluding hydrogens is 270 g/mol. The Morgan fingerprint density at radius 3 is 2.58 bits per heavy atom. The van der Waals surface area contributed by atoms with Crippen molar-refractivity contribution >= 4 is 21.4 Å². The molecule has 0 unspecified atom stereocenters. The Balaban J connectivity index is 3.19. The number of anilines is 1. The summed E-state index contributed by atoms with van der Waals surface area (Å²) in [7, 11) is -3.75. The highest BCUT2D eigenvalue weighted by Gasteiger charge is 2.22. The number of nitro benzene ring substituents is 1. The van der Waals surface area contributed by atoms with E-state index in [9.17, 15) is 18.5 Å². The molecule has 0 spiro atoms. The van der Waals surface area contributed by atoms with Gasteiger partial charge in [-0.3, -0.25) is 10.1 Å². The first-order valence-electron chi connectivity index (χ1n) is 5.83. The van der Waals surface area contributed by atoms with Gasteiger partial charge < -0.3 is 5.73 Å². The molecule has 0 amide bonds. The molecule has 106 valence electrons. The lowest BCUT2D eigenvalue weighted by atomic mass is 10.2. The Kier molecular flexibility index (Phi) is 4.84. The number of nitrogens with one attached hydrogen (secondary N) is 1. The Bertz CT molecular complexity index is 584. The maximum atomic E-state index is 12.0. The summed E-state index contributed by atoms with van der Waals surface area (Å²) in [4.78, 5) is 9.98. The molecule has 19 heavy (non-hydrogen) atoms. The number of hydrogen-bond acceptors (Lipinski definition) is 5. The number of unbranched alkanes of at least 4 members (excludes halogenated alkanes) is 1. The second-order valence-corrected chi connectivity index (χ2v) is 5.92. The summed E-state index contributed by atoms with van der Waals surface area (Å²) in [6.45, 7) is 3.79. The van der Waals surface area contributed by atoms with Crippen LogP contribution in [-0.4, -0.2) is 19.9 Å². The molecule has 1 aromatic rings. The molecule has 0 bridgehead atoms. The SMILES string of the molecule is CCCCNS(=O)(=O)c1cc([N+](=O)[O-])c(N)cc1C. The summed E-state index contributed by atoms with van der Waals surface area (Å²) in [5.41, 5.74) is 5.43. The Morgan fingerprint density at radius 1 is 1.42 bits per heavy atom. The van der Waals surface area contributed by atoms with Crippen molar-refractivity contribution in [2.45, 2.75) is 31.6 Å². The molecule has 0 aromatic heterocycles. The second kappa shape index (κ2) is 5.98. The van der Waals surface area contributed by atoms with E-state index in [4.69, 9.17) is 5.73 Å². The average molecular weight is 287 g/mol. The first-order valence-corrected chi connectivity index (χ1v) is 7.32. The lowest BCUT2D eigenvalue weighted by molar-refractivity contribution is -0.384. The normalized spacial score (nSPS) is 11.5. The van der Waals surface area contributed by atoms with Crippen LogP contribution in [0.2, 0.25) is 0 Å². The molecule has 1 aromatic carbocycles. The standard InChI is InChI=1S/C11H17N3O4S/c1-3-4-5-13-19(17,18)11-7-10(14(15)16)9(12)6-8(11)2/h6-7,13H,3-5,12H2,1-2H3. The minimum atomic E-state index is -3.75. The van der Waals surface area contributed by atoms with Gasteiger partial charge in [0.1, 0.15) is 5.69 Å². The van der Waals surface area contributed by atoms with E-state index in [1.807, 2.05) is 6.92 Å². The molecule has 8 heteroatoms. The summed E-state index contributed by atoms with van der Waals surface area (Å²) >= 11 is 0. The molecule has 0 radical (unpaired) electrons. The number of hydrogen-bond donors (Lipinski definition) is 2. The summed E-state index contributed by atoms with van der Waals surface area (Å²) in [6, 6.07) is 2.30. The van der Waals surface area contributed by atoms with Crippen molar-refractivity contribution in [1.82, 2.24) is 4.72 Å². The third-order valence-electron chi connectivity index (χ3n) is 2.63. The van der Waals surface area contributed by atoms with E-state index in [0.717, 1.165) is 12.5 Å². The fourth-order valence-electron chi connectivity index (χ4n) is 1.61. The number of nitrogen functional groups attached to an aromatic ring is 1. The van der Waals surface area contributed by atoms with Gasteiger partial charge in [0.2, 0.25) is 10.0 Å². The van der Waals surface area contributed by atoms with Crippen LogP contribution >= 0.6 is 0 Å². The number of nitro groups is 1. The van der Waals surface area contributed by atoms with Gasteiger partial charge >= 0.3 is 0 Å². The van der Waals surface area contributed by atoms with Crippen LogP contribution < -0.4 is 10.5 Å². The number of benzene rings is 1. The largest absolute Gasteiger partial charge is 0.393 e. The topological polar surface area (TPSA) is 115 Å². The molecule has 3 N–H and O–H groups in total. The lowest BCUT2D eigenvalue weighted by Crippen LogP contribution is -2.25. The van der Waals surface area contributed by atoms with Crippen molar-refractivity contribution in [3.63, 3.8) is 0 Å². The Hall–Kier alpha value is -1.67. The summed E-state index contributed by atoms with van der Waals surface area (Å²) in [5, 5.41) is 10.8. The van der Waals surface area contributed by atoms with Crippen molar-refractivity contribution in [2.75, 3.05) is 12.3 Å². The molecule has 7 nitrogen and oxygen atoms in total. The summed E-state index contributed by atoms with van der Waals surface area (Å²) < 4.78 is 26.5. The van der Waals surface area contributed by atoms with E-state index < -0.39 is 20.6 Å². The molecule has 0 heterocycles. The fraction of sp³-hybridized carbons (Fsp3) is 0.455. The number of nitrogens with two attached hydrogens (primary N) is 1. The molecule has 0 aliphatic rings. The number of nitrogens with zero attached hydrogens (tertiary/aromatic N) is 1. The van der Waals surface area contributed by atoms with Crippen molar-refractivity contribution in [3.8, 4) is 0 Å². The second-order valence-electron chi connectivity index (χ2n) is 4.18. The van der Waals surface area contributed by atoms with Crippen molar-refractivity contribution in [1.29, 1.82) is 0 Å². The highest BCUT2D eigenvalue weighted by molar-refractivity contribution is 7.89. The quantitative estimate of drug-likeness (QED) is 0.356. The molecule has 0 fully saturated rings. The number of aryl methyl sites for hydroxylation is 1. The van der Waals surface area contributed by atoms with Crippen molar-refractivity contribution < 1.29 is 13.3 Å². The van der Waals surface area contributed by atoms with Gasteiger partial charge in [-0.2, -0.15) is 0 Å². The molecule has 1 rings (SSSR count). The van der Waals surface area contributed by atoms with Gasteiger partial charge in [0.25, 0.3) is 5.69 Å². The maximum absolute atomic E-state index is 12.0. The average Bonchev–Trinajstić information content (AvgIpc) is 2.28. The zero-order valence-corrected chi connectivity index (χ0v) is 11.7. The van der Waals surface area contributed by atoms with Gasteiger partial charge in [0.05, 0.1) is 9.82 Å². The lowest BCUT2D eigenvalue weighted by Gasteiger charge is -2.09. The van der Waals surface area contributed by atoms with Crippen LogP contribution in [0.25, 0.3) is 0 Å². The van der Waals surface area contributed by atoms with Crippen LogP contribution in [0.4, 0.5) is 11.4 Å². The highest BCUT2D eigenvalue weighted by Crippen LogP contribution is 2.28. The third-order valence-corrected chi connectivity index (χ3v) is 4.24. The van der Waals surface area contributed by atoms with Gasteiger partial charge in [-0.25, -0.2) is 13.1 Å².